The predicted molar refractivity (Wildman–Crippen MR) is 95.7 cm³/mol. The van der Waals surface area contributed by atoms with Crippen LogP contribution in [-0.2, 0) is 4.79 Å². The standard InChI is InChI=1S/C16H12BrCl2NO4/c17-10-6-14-15(23-4-3-22-14)7-12(10)20-16(21)8-24-13-2-1-9(18)5-11(13)19/h1-2,5-7H,3-4,8H2,(H,20,21). The number of hydrogen-bond acceptors (Lipinski definition) is 4. The third kappa shape index (κ3) is 4.06. The molecule has 5 nitrogen and oxygen atoms in total. The van der Waals surface area contributed by atoms with Crippen LogP contribution >= 0.6 is 39.1 Å². The Labute approximate surface area is 156 Å². The van der Waals surface area contributed by atoms with Crippen molar-refractivity contribution in [1.82, 2.24) is 0 Å². The molecule has 0 saturated carbocycles. The first-order valence-corrected chi connectivity index (χ1v) is 8.54. The van der Waals surface area contributed by atoms with Gasteiger partial charge in [0.05, 0.1) is 10.7 Å². The number of nitrogens with one attached hydrogen (secondary N) is 1. The van der Waals surface area contributed by atoms with Crippen molar-refractivity contribution in [3.05, 3.63) is 44.8 Å². The third-order valence-electron chi connectivity index (χ3n) is 3.16. The highest BCUT2D eigenvalue weighted by Crippen LogP contribution is 2.38. The van der Waals surface area contributed by atoms with Crippen molar-refractivity contribution < 1.29 is 19.0 Å². The molecule has 0 spiro atoms. The Morgan fingerprint density at radius 3 is 2.58 bits per heavy atom. The molecule has 0 aromatic heterocycles. The highest BCUT2D eigenvalue weighted by atomic mass is 79.9. The van der Waals surface area contributed by atoms with Gasteiger partial charge in [0.2, 0.25) is 0 Å². The van der Waals surface area contributed by atoms with E-state index in [-0.39, 0.29) is 12.5 Å². The van der Waals surface area contributed by atoms with E-state index in [1.807, 2.05) is 0 Å². The maximum absolute atomic E-state index is 12.1. The van der Waals surface area contributed by atoms with Crippen LogP contribution in [0.15, 0.2) is 34.8 Å². The minimum Gasteiger partial charge on any atom is -0.486 e. The van der Waals surface area contributed by atoms with Crippen LogP contribution in [-0.4, -0.2) is 25.7 Å². The first-order chi connectivity index (χ1) is 11.5. The van der Waals surface area contributed by atoms with Crippen LogP contribution < -0.4 is 19.5 Å². The summed E-state index contributed by atoms with van der Waals surface area (Å²) < 4.78 is 17.1. The van der Waals surface area contributed by atoms with Gasteiger partial charge in [0, 0.05) is 21.6 Å². The van der Waals surface area contributed by atoms with E-state index in [9.17, 15) is 4.79 Å². The van der Waals surface area contributed by atoms with E-state index in [1.165, 1.54) is 0 Å². The quantitative estimate of drug-likeness (QED) is 0.770. The van der Waals surface area contributed by atoms with Gasteiger partial charge in [-0.2, -0.15) is 0 Å². The van der Waals surface area contributed by atoms with Crippen molar-refractivity contribution in [1.29, 1.82) is 0 Å². The molecule has 1 heterocycles. The minimum atomic E-state index is -0.335. The fourth-order valence-corrected chi connectivity index (χ4v) is 2.97. The number of benzene rings is 2. The summed E-state index contributed by atoms with van der Waals surface area (Å²) in [5, 5.41) is 3.59. The zero-order chi connectivity index (χ0) is 17.1. The van der Waals surface area contributed by atoms with Crippen molar-refractivity contribution in [2.45, 2.75) is 0 Å². The van der Waals surface area contributed by atoms with E-state index in [0.717, 1.165) is 0 Å². The van der Waals surface area contributed by atoms with Crippen LogP contribution in [0.25, 0.3) is 0 Å². The molecule has 8 heteroatoms. The summed E-state index contributed by atoms with van der Waals surface area (Å²) in [6, 6.07) is 8.25. The smallest absolute Gasteiger partial charge is 0.262 e. The second-order valence-corrected chi connectivity index (χ2v) is 6.59. The molecule has 1 N–H and O–H groups in total. The van der Waals surface area contributed by atoms with Gasteiger partial charge < -0.3 is 19.5 Å². The molecule has 0 radical (unpaired) electrons. The van der Waals surface area contributed by atoms with Crippen LogP contribution in [0.2, 0.25) is 10.0 Å². The van der Waals surface area contributed by atoms with Crippen molar-refractivity contribution >= 4 is 50.7 Å². The average molecular weight is 433 g/mol. The topological polar surface area (TPSA) is 56.8 Å². The molecule has 0 aliphatic carbocycles. The first-order valence-electron chi connectivity index (χ1n) is 7.00. The van der Waals surface area contributed by atoms with Crippen molar-refractivity contribution in [3.8, 4) is 17.2 Å². The van der Waals surface area contributed by atoms with E-state index >= 15 is 0 Å². The van der Waals surface area contributed by atoms with Gasteiger partial charge in [0.1, 0.15) is 19.0 Å². The van der Waals surface area contributed by atoms with E-state index in [1.54, 1.807) is 30.3 Å². The summed E-state index contributed by atoms with van der Waals surface area (Å²) in [7, 11) is 0. The second-order valence-electron chi connectivity index (χ2n) is 4.89. The largest absolute Gasteiger partial charge is 0.486 e. The molecule has 2 aromatic carbocycles. The zero-order valence-corrected chi connectivity index (χ0v) is 15.4. The van der Waals surface area contributed by atoms with E-state index in [4.69, 9.17) is 37.4 Å². The van der Waals surface area contributed by atoms with E-state index < -0.39 is 0 Å². The van der Waals surface area contributed by atoms with Gasteiger partial charge in [0.25, 0.3) is 5.91 Å². The Hall–Kier alpha value is -1.63. The number of carbonyl (C=O) groups excluding carboxylic acids is 1. The van der Waals surface area contributed by atoms with Crippen molar-refractivity contribution in [2.24, 2.45) is 0 Å². The molecule has 1 amide bonds. The molecule has 0 bridgehead atoms. The van der Waals surface area contributed by atoms with Gasteiger partial charge in [-0.25, -0.2) is 0 Å². The summed E-state index contributed by atoms with van der Waals surface area (Å²) in [6.45, 7) is 0.781. The Bertz CT molecular complexity index is 785. The number of fused-ring (bicyclic) bond motifs is 1. The number of anilines is 1. The number of halogens is 3. The number of rotatable bonds is 4. The second kappa shape index (κ2) is 7.51. The zero-order valence-electron chi connectivity index (χ0n) is 12.3. The fourth-order valence-electron chi connectivity index (χ4n) is 2.08. The van der Waals surface area contributed by atoms with Gasteiger partial charge in [-0.05, 0) is 34.1 Å². The monoisotopic (exact) mass is 431 g/mol. The van der Waals surface area contributed by atoms with Gasteiger partial charge in [-0.3, -0.25) is 4.79 Å². The number of ether oxygens (including phenoxy) is 3. The van der Waals surface area contributed by atoms with E-state index in [2.05, 4.69) is 21.2 Å². The molecule has 24 heavy (non-hydrogen) atoms. The Balaban J connectivity index is 1.64. The molecular formula is C16H12BrCl2NO4. The molecule has 0 fully saturated rings. The summed E-state index contributed by atoms with van der Waals surface area (Å²) in [6.07, 6.45) is 0. The molecular weight excluding hydrogens is 421 g/mol. The Morgan fingerprint density at radius 1 is 1.17 bits per heavy atom. The lowest BCUT2D eigenvalue weighted by atomic mass is 10.2. The Morgan fingerprint density at radius 2 is 1.88 bits per heavy atom. The number of amides is 1. The van der Waals surface area contributed by atoms with Gasteiger partial charge in [-0.15, -0.1) is 0 Å². The van der Waals surface area contributed by atoms with Gasteiger partial charge in [0.15, 0.2) is 18.1 Å². The number of hydrogen-bond donors (Lipinski definition) is 1. The molecule has 126 valence electrons. The average Bonchev–Trinajstić information content (AvgIpc) is 2.55. The van der Waals surface area contributed by atoms with Crippen molar-refractivity contribution in [3.63, 3.8) is 0 Å². The molecule has 0 saturated heterocycles. The predicted octanol–water partition coefficient (Wildman–Crippen LogP) is 4.54. The maximum Gasteiger partial charge on any atom is 0.262 e. The molecule has 3 rings (SSSR count). The summed E-state index contributed by atoms with van der Waals surface area (Å²) in [5.74, 6) is 1.27. The SMILES string of the molecule is O=C(COc1ccc(Cl)cc1Cl)Nc1cc2c(cc1Br)OCCO2. The van der Waals surface area contributed by atoms with Gasteiger partial charge >= 0.3 is 0 Å². The highest BCUT2D eigenvalue weighted by Gasteiger charge is 2.16. The summed E-state index contributed by atoms with van der Waals surface area (Å²) in [5.41, 5.74) is 0.565. The van der Waals surface area contributed by atoms with Crippen LogP contribution in [0, 0.1) is 0 Å². The third-order valence-corrected chi connectivity index (χ3v) is 4.35. The van der Waals surface area contributed by atoms with Crippen LogP contribution in [0.4, 0.5) is 5.69 Å². The van der Waals surface area contributed by atoms with Crippen LogP contribution in [0.1, 0.15) is 0 Å². The summed E-state index contributed by atoms with van der Waals surface area (Å²) >= 11 is 15.2. The van der Waals surface area contributed by atoms with Crippen LogP contribution in [0.5, 0.6) is 17.2 Å². The first kappa shape index (κ1) is 17.2. The Kier molecular flexibility index (Phi) is 5.38. The lowest BCUT2D eigenvalue weighted by molar-refractivity contribution is -0.118. The number of carbonyl (C=O) groups is 1. The lowest BCUT2D eigenvalue weighted by Gasteiger charge is -2.20. The minimum absolute atomic E-state index is 0.192. The molecule has 0 unspecified atom stereocenters. The van der Waals surface area contributed by atoms with E-state index in [0.29, 0.717) is 50.7 Å². The molecule has 0 atom stereocenters. The molecule has 2 aromatic rings. The summed E-state index contributed by atoms with van der Waals surface area (Å²) in [4.78, 5) is 12.1. The normalized spacial score (nSPS) is 12.6. The highest BCUT2D eigenvalue weighted by molar-refractivity contribution is 9.10. The fraction of sp³-hybridized carbons (Fsp3) is 0.188. The van der Waals surface area contributed by atoms with Gasteiger partial charge in [-0.1, -0.05) is 23.2 Å². The van der Waals surface area contributed by atoms with Crippen molar-refractivity contribution in [2.75, 3.05) is 25.1 Å². The molecule has 1 aliphatic heterocycles. The molecule has 1 aliphatic rings. The maximum atomic E-state index is 12.1. The lowest BCUT2D eigenvalue weighted by Crippen LogP contribution is -2.21. The van der Waals surface area contributed by atoms with Crippen LogP contribution in [0.3, 0.4) is 0 Å².